The molecule has 0 aliphatic heterocycles. The number of aliphatic hydroxyl groups excluding tert-OH is 1. The maximum absolute atomic E-state index is 10.0. The molecule has 17 heavy (non-hydrogen) atoms. The highest BCUT2D eigenvalue weighted by molar-refractivity contribution is 14.1. The van der Waals surface area contributed by atoms with Crippen LogP contribution in [0.15, 0.2) is 54.6 Å². The lowest BCUT2D eigenvalue weighted by Crippen LogP contribution is -1.99. The van der Waals surface area contributed by atoms with Gasteiger partial charge in [0.1, 0.15) is 0 Å². The van der Waals surface area contributed by atoms with E-state index in [0.29, 0.717) is 0 Å². The zero-order chi connectivity index (χ0) is 12.1. The van der Waals surface area contributed by atoms with E-state index in [1.54, 1.807) is 0 Å². The Bertz CT molecular complexity index is 467. The van der Waals surface area contributed by atoms with Gasteiger partial charge in [-0.15, -0.1) is 0 Å². The highest BCUT2D eigenvalue weighted by Gasteiger charge is 2.06. The molecule has 0 saturated carbocycles. The van der Waals surface area contributed by atoms with E-state index in [9.17, 15) is 5.11 Å². The smallest absolute Gasteiger partial charge is 0.0793 e. The quantitative estimate of drug-likeness (QED) is 0.837. The zero-order valence-corrected chi connectivity index (χ0v) is 11.7. The van der Waals surface area contributed by atoms with Gasteiger partial charge in [0.05, 0.1) is 6.10 Å². The standard InChI is InChI=1S/C15H15IO/c16-14-8-4-5-12(11-14)9-10-15(17)13-6-2-1-3-7-13/h1-8,11,15,17H,9-10H2. The number of benzene rings is 2. The molecule has 1 unspecified atom stereocenters. The molecule has 0 aliphatic rings. The summed E-state index contributed by atoms with van der Waals surface area (Å²) in [6.45, 7) is 0. The molecule has 2 heteroatoms. The Hall–Kier alpha value is -0.870. The van der Waals surface area contributed by atoms with E-state index in [1.165, 1.54) is 9.13 Å². The van der Waals surface area contributed by atoms with Gasteiger partial charge in [-0.25, -0.2) is 0 Å². The third-order valence-electron chi connectivity index (χ3n) is 2.78. The first-order valence-corrected chi connectivity index (χ1v) is 6.81. The second kappa shape index (κ2) is 6.17. The van der Waals surface area contributed by atoms with Crippen molar-refractivity contribution in [2.45, 2.75) is 18.9 Å². The fourth-order valence-electron chi connectivity index (χ4n) is 1.84. The van der Waals surface area contributed by atoms with Gasteiger partial charge in [-0.3, -0.25) is 0 Å². The summed E-state index contributed by atoms with van der Waals surface area (Å²) in [6, 6.07) is 18.3. The first-order chi connectivity index (χ1) is 8.25. The minimum atomic E-state index is -0.367. The molecule has 0 aliphatic carbocycles. The number of rotatable bonds is 4. The van der Waals surface area contributed by atoms with Crippen LogP contribution in [0.2, 0.25) is 0 Å². The third-order valence-corrected chi connectivity index (χ3v) is 3.45. The Morgan fingerprint density at radius 2 is 1.76 bits per heavy atom. The molecule has 1 N–H and O–H groups in total. The van der Waals surface area contributed by atoms with E-state index in [2.05, 4.69) is 46.9 Å². The molecular weight excluding hydrogens is 323 g/mol. The van der Waals surface area contributed by atoms with Gasteiger partial charge in [-0.05, 0) is 58.7 Å². The van der Waals surface area contributed by atoms with Crippen molar-refractivity contribution < 1.29 is 5.11 Å². The Morgan fingerprint density at radius 1 is 1.00 bits per heavy atom. The Kier molecular flexibility index (Phi) is 4.57. The normalized spacial score (nSPS) is 12.4. The number of halogens is 1. The van der Waals surface area contributed by atoms with Gasteiger partial charge in [0.25, 0.3) is 0 Å². The molecule has 2 rings (SSSR count). The lowest BCUT2D eigenvalue weighted by atomic mass is 10.0. The zero-order valence-electron chi connectivity index (χ0n) is 9.51. The average Bonchev–Trinajstić information content (AvgIpc) is 2.37. The van der Waals surface area contributed by atoms with E-state index in [0.717, 1.165) is 18.4 Å². The molecule has 0 radical (unpaired) electrons. The van der Waals surface area contributed by atoms with Gasteiger partial charge >= 0.3 is 0 Å². The summed E-state index contributed by atoms with van der Waals surface area (Å²) in [4.78, 5) is 0. The van der Waals surface area contributed by atoms with Crippen molar-refractivity contribution in [2.24, 2.45) is 0 Å². The maximum atomic E-state index is 10.0. The maximum Gasteiger partial charge on any atom is 0.0793 e. The van der Waals surface area contributed by atoms with Crippen molar-refractivity contribution in [1.82, 2.24) is 0 Å². The van der Waals surface area contributed by atoms with Crippen LogP contribution >= 0.6 is 22.6 Å². The van der Waals surface area contributed by atoms with Crippen LogP contribution in [-0.2, 0) is 6.42 Å². The summed E-state index contributed by atoms with van der Waals surface area (Å²) in [5.74, 6) is 0. The van der Waals surface area contributed by atoms with Crippen molar-refractivity contribution in [3.05, 3.63) is 69.3 Å². The highest BCUT2D eigenvalue weighted by Crippen LogP contribution is 2.19. The number of hydrogen-bond acceptors (Lipinski definition) is 1. The van der Waals surface area contributed by atoms with Crippen molar-refractivity contribution in [1.29, 1.82) is 0 Å². The monoisotopic (exact) mass is 338 g/mol. The van der Waals surface area contributed by atoms with Crippen LogP contribution in [0.25, 0.3) is 0 Å². The number of aliphatic hydroxyl groups is 1. The molecule has 0 amide bonds. The second-order valence-electron chi connectivity index (χ2n) is 4.10. The summed E-state index contributed by atoms with van der Waals surface area (Å²) in [6.07, 6.45) is 1.31. The minimum Gasteiger partial charge on any atom is -0.388 e. The van der Waals surface area contributed by atoms with Gasteiger partial charge in [0.15, 0.2) is 0 Å². The fourth-order valence-corrected chi connectivity index (χ4v) is 2.45. The van der Waals surface area contributed by atoms with Gasteiger partial charge in [-0.2, -0.15) is 0 Å². The average molecular weight is 338 g/mol. The molecular formula is C15H15IO. The van der Waals surface area contributed by atoms with Crippen LogP contribution in [0.3, 0.4) is 0 Å². The lowest BCUT2D eigenvalue weighted by molar-refractivity contribution is 0.168. The summed E-state index contributed by atoms with van der Waals surface area (Å²) in [5.41, 5.74) is 2.28. The predicted molar refractivity (Wildman–Crippen MR) is 78.9 cm³/mol. The van der Waals surface area contributed by atoms with Crippen molar-refractivity contribution >= 4 is 22.6 Å². The van der Waals surface area contributed by atoms with E-state index < -0.39 is 0 Å². The van der Waals surface area contributed by atoms with Crippen molar-refractivity contribution in [3.63, 3.8) is 0 Å². The largest absolute Gasteiger partial charge is 0.388 e. The molecule has 2 aromatic carbocycles. The molecule has 1 nitrogen and oxygen atoms in total. The topological polar surface area (TPSA) is 20.2 Å². The molecule has 1 atom stereocenters. The van der Waals surface area contributed by atoms with Crippen LogP contribution in [0, 0.1) is 3.57 Å². The lowest BCUT2D eigenvalue weighted by Gasteiger charge is -2.10. The summed E-state index contributed by atoms with van der Waals surface area (Å²) in [7, 11) is 0. The van der Waals surface area contributed by atoms with Gasteiger partial charge < -0.3 is 5.11 Å². The fraction of sp³-hybridized carbons (Fsp3) is 0.200. The van der Waals surface area contributed by atoms with Gasteiger partial charge in [0.2, 0.25) is 0 Å². The Balaban J connectivity index is 1.95. The van der Waals surface area contributed by atoms with Gasteiger partial charge in [0, 0.05) is 3.57 Å². The molecule has 0 heterocycles. The molecule has 0 fully saturated rings. The second-order valence-corrected chi connectivity index (χ2v) is 5.34. The Morgan fingerprint density at radius 3 is 2.47 bits per heavy atom. The van der Waals surface area contributed by atoms with Crippen LogP contribution in [0.4, 0.5) is 0 Å². The molecule has 0 bridgehead atoms. The first-order valence-electron chi connectivity index (χ1n) is 5.73. The van der Waals surface area contributed by atoms with Crippen LogP contribution in [-0.4, -0.2) is 5.11 Å². The van der Waals surface area contributed by atoms with Gasteiger partial charge in [-0.1, -0.05) is 42.5 Å². The van der Waals surface area contributed by atoms with Crippen LogP contribution in [0.5, 0.6) is 0 Å². The summed E-state index contributed by atoms with van der Waals surface area (Å²) >= 11 is 2.31. The molecule has 2 aromatic rings. The molecule has 0 saturated heterocycles. The van der Waals surface area contributed by atoms with Crippen LogP contribution < -0.4 is 0 Å². The molecule has 0 spiro atoms. The van der Waals surface area contributed by atoms with Crippen LogP contribution in [0.1, 0.15) is 23.7 Å². The first kappa shape index (κ1) is 12.6. The van der Waals surface area contributed by atoms with E-state index in [4.69, 9.17) is 0 Å². The third kappa shape index (κ3) is 3.82. The molecule has 88 valence electrons. The SMILES string of the molecule is OC(CCc1cccc(I)c1)c1ccccc1. The predicted octanol–water partition coefficient (Wildman–Crippen LogP) is 3.96. The Labute approximate surface area is 116 Å². The number of aryl methyl sites for hydroxylation is 1. The number of hydrogen-bond donors (Lipinski definition) is 1. The summed E-state index contributed by atoms with van der Waals surface area (Å²) < 4.78 is 1.24. The highest BCUT2D eigenvalue weighted by atomic mass is 127. The van der Waals surface area contributed by atoms with Crippen molar-refractivity contribution in [2.75, 3.05) is 0 Å². The van der Waals surface area contributed by atoms with E-state index in [-0.39, 0.29) is 6.10 Å². The van der Waals surface area contributed by atoms with E-state index >= 15 is 0 Å². The minimum absolute atomic E-state index is 0.367. The molecule has 0 aromatic heterocycles. The van der Waals surface area contributed by atoms with Crippen molar-refractivity contribution in [3.8, 4) is 0 Å². The summed E-state index contributed by atoms with van der Waals surface area (Å²) in [5, 5.41) is 10.0. The van der Waals surface area contributed by atoms with E-state index in [1.807, 2.05) is 30.3 Å².